The van der Waals surface area contributed by atoms with Crippen molar-refractivity contribution in [2.75, 3.05) is 0 Å². The molecule has 31 heavy (non-hydrogen) atoms. The van der Waals surface area contributed by atoms with Crippen LogP contribution in [0.5, 0.6) is 11.5 Å². The molecule has 174 valence electrons. The van der Waals surface area contributed by atoms with E-state index in [1.54, 1.807) is 0 Å². The SMILES string of the molecule is CCCCCC/C(=C/CCCCCC1(C)CCc2c(C)c(O)c(C)c(C)c2O1)[N+](=O)[O-]. The molecule has 1 aliphatic heterocycles. The van der Waals surface area contributed by atoms with E-state index in [4.69, 9.17) is 4.74 Å². The molecule has 0 aliphatic carbocycles. The van der Waals surface area contributed by atoms with Crippen LogP contribution in [0.4, 0.5) is 0 Å². The van der Waals surface area contributed by atoms with Crippen LogP contribution in [0.1, 0.15) is 107 Å². The first-order chi connectivity index (χ1) is 14.7. The fourth-order valence-corrected chi connectivity index (χ4v) is 4.56. The number of nitro groups is 1. The fraction of sp³-hybridized carbons (Fsp3) is 0.692. The van der Waals surface area contributed by atoms with Crippen LogP contribution in [0, 0.1) is 30.9 Å². The lowest BCUT2D eigenvalue weighted by Crippen LogP contribution is -2.37. The van der Waals surface area contributed by atoms with Gasteiger partial charge in [-0.1, -0.05) is 32.6 Å². The Morgan fingerprint density at radius 3 is 2.48 bits per heavy atom. The number of ether oxygens (including phenoxy) is 1. The van der Waals surface area contributed by atoms with Crippen LogP contribution in [-0.2, 0) is 6.42 Å². The lowest BCUT2D eigenvalue weighted by Gasteiger charge is -2.38. The van der Waals surface area contributed by atoms with Crippen LogP contribution in [0.25, 0.3) is 0 Å². The Hall–Kier alpha value is -2.04. The maximum Gasteiger partial charge on any atom is 0.242 e. The van der Waals surface area contributed by atoms with E-state index >= 15 is 0 Å². The predicted octanol–water partition coefficient (Wildman–Crippen LogP) is 7.48. The molecule has 5 nitrogen and oxygen atoms in total. The molecule has 0 radical (unpaired) electrons. The molecule has 2 rings (SSSR count). The van der Waals surface area contributed by atoms with E-state index in [0.29, 0.717) is 17.9 Å². The molecule has 1 aromatic carbocycles. The zero-order chi connectivity index (χ0) is 23.0. The molecule has 0 bridgehead atoms. The van der Waals surface area contributed by atoms with Crippen molar-refractivity contribution < 1.29 is 14.8 Å². The van der Waals surface area contributed by atoms with E-state index in [1.165, 1.54) is 0 Å². The van der Waals surface area contributed by atoms with Gasteiger partial charge in [-0.3, -0.25) is 10.1 Å². The monoisotopic (exact) mass is 431 g/mol. The highest BCUT2D eigenvalue weighted by atomic mass is 16.6. The second-order valence-corrected chi connectivity index (χ2v) is 9.45. The molecular formula is C26H41NO4. The average molecular weight is 432 g/mol. The number of allylic oxidation sites excluding steroid dienone is 2. The summed E-state index contributed by atoms with van der Waals surface area (Å²) >= 11 is 0. The lowest BCUT2D eigenvalue weighted by atomic mass is 9.84. The van der Waals surface area contributed by atoms with Crippen molar-refractivity contribution in [3.8, 4) is 11.5 Å². The Balaban J connectivity index is 1.82. The quantitative estimate of drug-likeness (QED) is 0.211. The number of aromatic hydroxyl groups is 1. The molecule has 1 heterocycles. The van der Waals surface area contributed by atoms with Gasteiger partial charge in [0, 0.05) is 12.0 Å². The first-order valence-corrected chi connectivity index (χ1v) is 12.0. The normalized spacial score (nSPS) is 18.5. The van der Waals surface area contributed by atoms with E-state index in [0.717, 1.165) is 98.6 Å². The Kier molecular flexibility index (Phi) is 9.39. The van der Waals surface area contributed by atoms with Crippen LogP contribution in [-0.4, -0.2) is 15.6 Å². The number of hydrogen-bond donors (Lipinski definition) is 1. The Labute approximate surface area is 188 Å². The second-order valence-electron chi connectivity index (χ2n) is 9.45. The number of hydrogen-bond acceptors (Lipinski definition) is 4. The van der Waals surface area contributed by atoms with Crippen molar-refractivity contribution in [3.63, 3.8) is 0 Å². The predicted molar refractivity (Wildman–Crippen MR) is 127 cm³/mol. The summed E-state index contributed by atoms with van der Waals surface area (Å²) in [7, 11) is 0. The summed E-state index contributed by atoms with van der Waals surface area (Å²) < 4.78 is 6.49. The van der Waals surface area contributed by atoms with Gasteiger partial charge in [0.25, 0.3) is 0 Å². The van der Waals surface area contributed by atoms with Crippen LogP contribution in [0.15, 0.2) is 11.8 Å². The fourth-order valence-electron chi connectivity index (χ4n) is 4.56. The summed E-state index contributed by atoms with van der Waals surface area (Å²) in [6, 6.07) is 0. The van der Waals surface area contributed by atoms with Crippen LogP contribution >= 0.6 is 0 Å². The van der Waals surface area contributed by atoms with Gasteiger partial charge in [0.05, 0.1) is 4.92 Å². The molecule has 1 aliphatic rings. The molecule has 0 spiro atoms. The van der Waals surface area contributed by atoms with Crippen molar-refractivity contribution in [1.29, 1.82) is 0 Å². The van der Waals surface area contributed by atoms with Crippen molar-refractivity contribution in [3.05, 3.63) is 44.1 Å². The Morgan fingerprint density at radius 2 is 1.81 bits per heavy atom. The lowest BCUT2D eigenvalue weighted by molar-refractivity contribution is -0.428. The molecule has 0 amide bonds. The van der Waals surface area contributed by atoms with Crippen LogP contribution < -0.4 is 4.74 Å². The number of benzene rings is 1. The van der Waals surface area contributed by atoms with Gasteiger partial charge in [-0.25, -0.2) is 0 Å². The maximum absolute atomic E-state index is 11.2. The highest BCUT2D eigenvalue weighted by Gasteiger charge is 2.34. The van der Waals surface area contributed by atoms with Gasteiger partial charge in [0.1, 0.15) is 17.1 Å². The number of phenolic OH excluding ortho intramolecular Hbond substituents is 1. The highest BCUT2D eigenvalue weighted by Crippen LogP contribution is 2.44. The molecule has 1 unspecified atom stereocenters. The molecule has 0 saturated heterocycles. The first kappa shape index (κ1) is 25.2. The summed E-state index contributed by atoms with van der Waals surface area (Å²) in [5.74, 6) is 1.36. The summed E-state index contributed by atoms with van der Waals surface area (Å²) in [6.07, 6.45) is 13.4. The number of phenols is 1. The minimum absolute atomic E-state index is 0.186. The molecule has 1 atom stereocenters. The molecule has 0 saturated carbocycles. The van der Waals surface area contributed by atoms with E-state index < -0.39 is 0 Å². The summed E-state index contributed by atoms with van der Waals surface area (Å²) in [6.45, 7) is 10.3. The molecule has 5 heteroatoms. The summed E-state index contributed by atoms with van der Waals surface area (Å²) in [5.41, 5.74) is 4.25. The molecule has 1 N–H and O–H groups in total. The zero-order valence-electron chi connectivity index (χ0n) is 20.2. The standard InChI is InChI=1S/C26H41NO4/c1-6-7-8-11-14-22(27(29)30)15-12-9-10-13-17-26(5)18-16-23-21(4)24(28)19(2)20(3)25(23)31-26/h15,28H,6-14,16-18H2,1-5H3/b22-15-. The minimum Gasteiger partial charge on any atom is -0.507 e. The highest BCUT2D eigenvalue weighted by molar-refractivity contribution is 5.58. The summed E-state index contributed by atoms with van der Waals surface area (Å²) in [4.78, 5) is 11.0. The Bertz CT molecular complexity index is 799. The number of nitrogens with zero attached hydrogens (tertiary/aromatic N) is 1. The maximum atomic E-state index is 11.2. The van der Waals surface area contributed by atoms with Crippen molar-refractivity contribution in [2.45, 2.75) is 117 Å². The third-order valence-electron chi connectivity index (χ3n) is 6.90. The van der Waals surface area contributed by atoms with Gasteiger partial charge < -0.3 is 9.84 Å². The van der Waals surface area contributed by atoms with Gasteiger partial charge in [0.2, 0.25) is 5.70 Å². The van der Waals surface area contributed by atoms with Gasteiger partial charge >= 0.3 is 0 Å². The van der Waals surface area contributed by atoms with E-state index in [-0.39, 0.29) is 10.5 Å². The van der Waals surface area contributed by atoms with Crippen molar-refractivity contribution in [1.82, 2.24) is 0 Å². The topological polar surface area (TPSA) is 72.6 Å². The largest absolute Gasteiger partial charge is 0.507 e. The van der Waals surface area contributed by atoms with E-state index in [1.807, 2.05) is 26.8 Å². The second kappa shape index (κ2) is 11.5. The molecular weight excluding hydrogens is 390 g/mol. The van der Waals surface area contributed by atoms with Gasteiger partial charge in [-0.05, 0) is 95.4 Å². The van der Waals surface area contributed by atoms with Crippen molar-refractivity contribution >= 4 is 0 Å². The summed E-state index contributed by atoms with van der Waals surface area (Å²) in [5, 5.41) is 21.6. The minimum atomic E-state index is -0.204. The number of rotatable bonds is 12. The van der Waals surface area contributed by atoms with E-state index in [2.05, 4.69) is 13.8 Å². The zero-order valence-corrected chi connectivity index (χ0v) is 20.2. The number of unbranched alkanes of at least 4 members (excludes halogenated alkanes) is 6. The van der Waals surface area contributed by atoms with Crippen LogP contribution in [0.2, 0.25) is 0 Å². The molecule has 0 fully saturated rings. The first-order valence-electron chi connectivity index (χ1n) is 12.0. The van der Waals surface area contributed by atoms with Gasteiger partial charge in [-0.15, -0.1) is 0 Å². The third-order valence-corrected chi connectivity index (χ3v) is 6.90. The van der Waals surface area contributed by atoms with Crippen LogP contribution in [0.3, 0.4) is 0 Å². The average Bonchev–Trinajstić information content (AvgIpc) is 2.74. The third kappa shape index (κ3) is 6.72. The molecule has 1 aromatic rings. The van der Waals surface area contributed by atoms with Gasteiger partial charge in [0.15, 0.2) is 0 Å². The smallest absolute Gasteiger partial charge is 0.242 e. The molecule has 0 aromatic heterocycles. The van der Waals surface area contributed by atoms with E-state index in [9.17, 15) is 15.2 Å². The Morgan fingerprint density at radius 1 is 1.10 bits per heavy atom. The van der Waals surface area contributed by atoms with Gasteiger partial charge in [-0.2, -0.15) is 0 Å². The van der Waals surface area contributed by atoms with Crippen molar-refractivity contribution in [2.24, 2.45) is 0 Å². The number of fused-ring (bicyclic) bond motifs is 1.